The molecule has 0 radical (unpaired) electrons. The van der Waals surface area contributed by atoms with Crippen molar-refractivity contribution in [2.45, 2.75) is 19.3 Å². The number of rotatable bonds is 5. The van der Waals surface area contributed by atoms with E-state index >= 15 is 0 Å². The second-order valence-electron chi connectivity index (χ2n) is 4.66. The van der Waals surface area contributed by atoms with E-state index in [-0.39, 0.29) is 5.92 Å². The third-order valence-corrected chi connectivity index (χ3v) is 3.45. The molecule has 0 saturated heterocycles. The van der Waals surface area contributed by atoms with Crippen LogP contribution in [0.25, 0.3) is 0 Å². The van der Waals surface area contributed by atoms with Crippen LogP contribution in [0.5, 0.6) is 5.75 Å². The molecule has 1 unspecified atom stereocenters. The number of nitrogens with zero attached hydrogens (tertiary/aromatic N) is 1. The number of benzene rings is 2. The van der Waals surface area contributed by atoms with Crippen LogP contribution in [0.4, 0.5) is 0 Å². The lowest BCUT2D eigenvalue weighted by Crippen LogP contribution is -2.04. The molecule has 0 fully saturated rings. The van der Waals surface area contributed by atoms with E-state index in [9.17, 15) is 5.26 Å². The second-order valence-corrected chi connectivity index (χ2v) is 5.07. The van der Waals surface area contributed by atoms with Gasteiger partial charge < -0.3 is 4.74 Å². The predicted octanol–water partition coefficient (Wildman–Crippen LogP) is 4.72. The van der Waals surface area contributed by atoms with Gasteiger partial charge in [0.25, 0.3) is 0 Å². The minimum Gasteiger partial charge on any atom is -0.492 e. The normalized spacial score (nSPS) is 11.7. The van der Waals surface area contributed by atoms with Gasteiger partial charge in [0.1, 0.15) is 5.75 Å². The van der Waals surface area contributed by atoms with Gasteiger partial charge in [-0.2, -0.15) is 5.26 Å². The van der Waals surface area contributed by atoms with E-state index in [2.05, 4.69) is 6.07 Å². The van der Waals surface area contributed by atoms with Gasteiger partial charge in [0, 0.05) is 6.42 Å². The van der Waals surface area contributed by atoms with Crippen molar-refractivity contribution in [3.63, 3.8) is 0 Å². The summed E-state index contributed by atoms with van der Waals surface area (Å²) in [7, 11) is 0. The Bertz CT molecular complexity index is 601. The topological polar surface area (TPSA) is 33.0 Å². The van der Waals surface area contributed by atoms with Gasteiger partial charge in [0.15, 0.2) is 0 Å². The van der Waals surface area contributed by atoms with Crippen molar-refractivity contribution < 1.29 is 4.74 Å². The van der Waals surface area contributed by atoms with E-state index in [4.69, 9.17) is 16.3 Å². The summed E-state index contributed by atoms with van der Waals surface area (Å²) in [5, 5.41) is 9.86. The van der Waals surface area contributed by atoms with Crippen LogP contribution in [-0.4, -0.2) is 6.61 Å². The van der Waals surface area contributed by atoms with Gasteiger partial charge in [-0.3, -0.25) is 0 Å². The van der Waals surface area contributed by atoms with Crippen molar-refractivity contribution in [1.29, 1.82) is 5.26 Å². The molecule has 0 amide bonds. The highest BCUT2D eigenvalue weighted by molar-refractivity contribution is 6.32. The van der Waals surface area contributed by atoms with Crippen LogP contribution in [0, 0.1) is 18.3 Å². The molecular formula is C17H16ClNO. The van der Waals surface area contributed by atoms with Crippen LogP contribution < -0.4 is 4.74 Å². The van der Waals surface area contributed by atoms with Crippen LogP contribution in [0.1, 0.15) is 23.5 Å². The average Bonchev–Trinajstić information content (AvgIpc) is 2.47. The minimum absolute atomic E-state index is 0.155. The lowest BCUT2D eigenvalue weighted by Gasteiger charge is -2.12. The lowest BCUT2D eigenvalue weighted by molar-refractivity contribution is 0.306. The van der Waals surface area contributed by atoms with Crippen molar-refractivity contribution in [2.24, 2.45) is 0 Å². The molecule has 0 aromatic heterocycles. The van der Waals surface area contributed by atoms with Gasteiger partial charge in [-0.1, -0.05) is 53.6 Å². The molecule has 0 aliphatic heterocycles. The maximum atomic E-state index is 9.27. The van der Waals surface area contributed by atoms with Crippen molar-refractivity contribution in [3.8, 4) is 11.8 Å². The van der Waals surface area contributed by atoms with E-state index in [0.29, 0.717) is 23.8 Å². The van der Waals surface area contributed by atoms with E-state index < -0.39 is 0 Å². The first-order valence-electron chi connectivity index (χ1n) is 6.54. The maximum Gasteiger partial charge on any atom is 0.137 e. The molecule has 0 bridgehead atoms. The smallest absolute Gasteiger partial charge is 0.137 e. The van der Waals surface area contributed by atoms with Crippen molar-refractivity contribution >= 4 is 11.6 Å². The quantitative estimate of drug-likeness (QED) is 0.796. The molecule has 2 rings (SSSR count). The first-order chi connectivity index (χ1) is 9.70. The maximum absolute atomic E-state index is 9.27. The Hall–Kier alpha value is -1.98. The number of nitriles is 1. The first-order valence-corrected chi connectivity index (χ1v) is 6.92. The SMILES string of the molecule is Cc1ccc(C(C#N)CCOc2ccccc2Cl)cc1. The monoisotopic (exact) mass is 285 g/mol. The summed E-state index contributed by atoms with van der Waals surface area (Å²) in [5.74, 6) is 0.507. The molecule has 2 aromatic rings. The van der Waals surface area contributed by atoms with Crippen LogP contribution in [0.3, 0.4) is 0 Å². The van der Waals surface area contributed by atoms with E-state index in [1.54, 1.807) is 6.07 Å². The molecule has 3 heteroatoms. The summed E-state index contributed by atoms with van der Waals surface area (Å²) >= 11 is 6.02. The minimum atomic E-state index is -0.155. The van der Waals surface area contributed by atoms with Crippen LogP contribution in [0.2, 0.25) is 5.02 Å². The summed E-state index contributed by atoms with van der Waals surface area (Å²) < 4.78 is 5.63. The Labute approximate surface area is 124 Å². The molecule has 0 aliphatic carbocycles. The molecule has 2 nitrogen and oxygen atoms in total. The van der Waals surface area contributed by atoms with Crippen LogP contribution in [0.15, 0.2) is 48.5 Å². The van der Waals surface area contributed by atoms with E-state index in [1.807, 2.05) is 49.4 Å². The number of halogens is 1. The molecule has 0 saturated carbocycles. The summed E-state index contributed by atoms with van der Waals surface area (Å²) in [4.78, 5) is 0. The highest BCUT2D eigenvalue weighted by atomic mass is 35.5. The first kappa shape index (κ1) is 14.4. The van der Waals surface area contributed by atoms with E-state index in [1.165, 1.54) is 5.56 Å². The van der Waals surface area contributed by atoms with Crippen molar-refractivity contribution in [3.05, 3.63) is 64.7 Å². The summed E-state index contributed by atoms with van der Waals surface area (Å²) in [6, 6.07) is 17.7. The van der Waals surface area contributed by atoms with Crippen molar-refractivity contribution in [1.82, 2.24) is 0 Å². The van der Waals surface area contributed by atoms with Crippen LogP contribution >= 0.6 is 11.6 Å². The zero-order chi connectivity index (χ0) is 14.4. The molecular weight excluding hydrogens is 270 g/mol. The number of aryl methyl sites for hydroxylation is 1. The summed E-state index contributed by atoms with van der Waals surface area (Å²) in [6.07, 6.45) is 0.644. The van der Waals surface area contributed by atoms with Gasteiger partial charge >= 0.3 is 0 Å². The Morgan fingerprint density at radius 2 is 1.85 bits per heavy atom. The molecule has 0 spiro atoms. The standard InChI is InChI=1S/C17H16ClNO/c1-13-6-8-14(9-7-13)15(12-19)10-11-20-17-5-3-2-4-16(17)18/h2-9,15H,10-11H2,1H3. The molecule has 0 heterocycles. The highest BCUT2D eigenvalue weighted by Crippen LogP contribution is 2.25. The van der Waals surface area contributed by atoms with Gasteiger partial charge in [0.05, 0.1) is 23.6 Å². The van der Waals surface area contributed by atoms with Gasteiger partial charge in [-0.25, -0.2) is 0 Å². The average molecular weight is 286 g/mol. The molecule has 2 aromatic carbocycles. The fourth-order valence-electron chi connectivity index (χ4n) is 1.95. The number of hydrogen-bond donors (Lipinski definition) is 0. The zero-order valence-electron chi connectivity index (χ0n) is 11.3. The summed E-state index contributed by atoms with van der Waals surface area (Å²) in [6.45, 7) is 2.50. The Morgan fingerprint density at radius 3 is 2.50 bits per heavy atom. The number of ether oxygens (including phenoxy) is 1. The second kappa shape index (κ2) is 6.98. The summed E-state index contributed by atoms with van der Waals surface area (Å²) in [5.41, 5.74) is 2.22. The Balaban J connectivity index is 1.94. The molecule has 1 atom stereocenters. The third kappa shape index (κ3) is 3.76. The Morgan fingerprint density at radius 1 is 1.15 bits per heavy atom. The molecule has 0 N–H and O–H groups in total. The predicted molar refractivity (Wildman–Crippen MR) is 81.1 cm³/mol. The van der Waals surface area contributed by atoms with Crippen LogP contribution in [-0.2, 0) is 0 Å². The third-order valence-electron chi connectivity index (χ3n) is 3.14. The van der Waals surface area contributed by atoms with E-state index in [0.717, 1.165) is 5.56 Å². The van der Waals surface area contributed by atoms with Gasteiger partial charge in [-0.05, 0) is 24.6 Å². The van der Waals surface area contributed by atoms with Gasteiger partial charge in [-0.15, -0.1) is 0 Å². The van der Waals surface area contributed by atoms with Crippen molar-refractivity contribution in [2.75, 3.05) is 6.61 Å². The Kier molecular flexibility index (Phi) is 5.03. The van der Waals surface area contributed by atoms with Gasteiger partial charge in [0.2, 0.25) is 0 Å². The highest BCUT2D eigenvalue weighted by Gasteiger charge is 2.11. The molecule has 20 heavy (non-hydrogen) atoms. The molecule has 0 aliphatic rings. The molecule has 102 valence electrons. The number of para-hydroxylation sites is 1. The lowest BCUT2D eigenvalue weighted by atomic mass is 9.97. The largest absolute Gasteiger partial charge is 0.492 e. The fraction of sp³-hybridized carbons (Fsp3) is 0.235. The fourth-order valence-corrected chi connectivity index (χ4v) is 2.14. The number of hydrogen-bond acceptors (Lipinski definition) is 2. The zero-order valence-corrected chi connectivity index (χ0v) is 12.1.